The van der Waals surface area contributed by atoms with E-state index in [9.17, 15) is 0 Å². The van der Waals surface area contributed by atoms with Crippen LogP contribution >= 0.6 is 0 Å². The van der Waals surface area contributed by atoms with Crippen LogP contribution in [0.1, 0.15) is 54.8 Å². The predicted molar refractivity (Wildman–Crippen MR) is 118 cm³/mol. The van der Waals surface area contributed by atoms with E-state index in [0.29, 0.717) is 6.54 Å². The average molecular weight is 398 g/mol. The molecule has 0 aliphatic heterocycles. The highest BCUT2D eigenvalue weighted by Gasteiger charge is 2.22. The van der Waals surface area contributed by atoms with E-state index in [1.807, 2.05) is 11.7 Å². The normalized spacial score (nSPS) is 14.2. The molecular weight excluding hydrogens is 362 g/mol. The monoisotopic (exact) mass is 397 g/mol. The fourth-order valence-electron chi connectivity index (χ4n) is 3.60. The summed E-state index contributed by atoms with van der Waals surface area (Å²) in [5.41, 5.74) is 6.09. The summed E-state index contributed by atoms with van der Waals surface area (Å²) in [4.78, 5) is 4.39. The van der Waals surface area contributed by atoms with Crippen molar-refractivity contribution in [3.8, 4) is 5.75 Å². The Morgan fingerprint density at radius 1 is 1.21 bits per heavy atom. The third-order valence-electron chi connectivity index (χ3n) is 5.52. The molecule has 6 nitrogen and oxygen atoms in total. The first kappa shape index (κ1) is 21.2. The van der Waals surface area contributed by atoms with Gasteiger partial charge in [-0.05, 0) is 50.2 Å². The van der Waals surface area contributed by atoms with Crippen molar-refractivity contribution in [1.29, 1.82) is 0 Å². The van der Waals surface area contributed by atoms with Gasteiger partial charge in [-0.3, -0.25) is 9.67 Å². The number of aromatic nitrogens is 2. The molecule has 1 fully saturated rings. The third kappa shape index (κ3) is 5.52. The quantitative estimate of drug-likeness (QED) is 0.502. The summed E-state index contributed by atoms with van der Waals surface area (Å²) in [6.07, 6.45) is 4.49. The second kappa shape index (κ2) is 9.81. The van der Waals surface area contributed by atoms with Gasteiger partial charge in [-0.2, -0.15) is 5.10 Å². The minimum Gasteiger partial charge on any atom is -0.493 e. The number of hydrogen-bond donors (Lipinski definition) is 2. The van der Waals surface area contributed by atoms with Crippen molar-refractivity contribution in [3.63, 3.8) is 0 Å². The third-order valence-corrected chi connectivity index (χ3v) is 5.52. The predicted octanol–water partition coefficient (Wildman–Crippen LogP) is 3.51. The molecule has 1 aliphatic carbocycles. The fourth-order valence-corrected chi connectivity index (χ4v) is 3.60. The highest BCUT2D eigenvalue weighted by molar-refractivity contribution is 5.79. The first-order valence-corrected chi connectivity index (χ1v) is 10.8. The van der Waals surface area contributed by atoms with E-state index in [1.54, 1.807) is 7.05 Å². The van der Waals surface area contributed by atoms with Crippen molar-refractivity contribution in [2.75, 3.05) is 13.7 Å². The van der Waals surface area contributed by atoms with Gasteiger partial charge in [0, 0.05) is 44.0 Å². The molecule has 1 heterocycles. The molecule has 0 unspecified atom stereocenters. The molecular formula is C23H35N5O. The Morgan fingerprint density at radius 2 is 1.97 bits per heavy atom. The topological polar surface area (TPSA) is 63.5 Å². The van der Waals surface area contributed by atoms with E-state index in [1.165, 1.54) is 29.7 Å². The molecule has 6 heteroatoms. The minimum atomic E-state index is 0.675. The standard InChI is InChI=1S/C23H35N5O/c1-6-20-19(21(7-2)28(5)27-20)14-26-23(24-4)25-13-18-11-8-16(3)12-22(18)29-15-17-9-10-17/h8,11-12,17H,6-7,9-10,13-15H2,1-5H3,(H2,24,25,26). The van der Waals surface area contributed by atoms with Gasteiger partial charge in [0.15, 0.2) is 5.96 Å². The van der Waals surface area contributed by atoms with Gasteiger partial charge >= 0.3 is 0 Å². The van der Waals surface area contributed by atoms with E-state index in [4.69, 9.17) is 4.74 Å². The van der Waals surface area contributed by atoms with Gasteiger partial charge in [0.05, 0.1) is 12.3 Å². The zero-order valence-corrected chi connectivity index (χ0v) is 18.5. The first-order chi connectivity index (χ1) is 14.0. The molecule has 1 aromatic carbocycles. The highest BCUT2D eigenvalue weighted by Crippen LogP contribution is 2.30. The first-order valence-electron chi connectivity index (χ1n) is 10.8. The Morgan fingerprint density at radius 3 is 2.62 bits per heavy atom. The summed E-state index contributed by atoms with van der Waals surface area (Å²) in [5, 5.41) is 11.5. The Bertz CT molecular complexity index is 851. The molecule has 0 atom stereocenters. The van der Waals surface area contributed by atoms with Crippen molar-refractivity contribution in [3.05, 3.63) is 46.3 Å². The molecule has 0 radical (unpaired) electrons. The van der Waals surface area contributed by atoms with Gasteiger partial charge in [-0.15, -0.1) is 0 Å². The van der Waals surface area contributed by atoms with Gasteiger partial charge in [0.1, 0.15) is 5.75 Å². The zero-order chi connectivity index (χ0) is 20.8. The van der Waals surface area contributed by atoms with Gasteiger partial charge in [-0.1, -0.05) is 26.0 Å². The summed E-state index contributed by atoms with van der Waals surface area (Å²) >= 11 is 0. The highest BCUT2D eigenvalue weighted by atomic mass is 16.5. The molecule has 2 aromatic rings. The van der Waals surface area contributed by atoms with E-state index in [0.717, 1.165) is 54.9 Å². The molecule has 0 amide bonds. The molecule has 2 N–H and O–H groups in total. The number of nitrogens with one attached hydrogen (secondary N) is 2. The average Bonchev–Trinajstić information content (AvgIpc) is 3.50. The lowest BCUT2D eigenvalue weighted by Crippen LogP contribution is -2.36. The molecule has 29 heavy (non-hydrogen) atoms. The van der Waals surface area contributed by atoms with E-state index >= 15 is 0 Å². The van der Waals surface area contributed by atoms with Crippen LogP contribution in [0, 0.1) is 12.8 Å². The number of aryl methyl sites for hydroxylation is 3. The SMILES string of the molecule is CCc1nn(C)c(CC)c1CNC(=NC)NCc1ccc(C)cc1OCC1CC1. The van der Waals surface area contributed by atoms with Crippen molar-refractivity contribution < 1.29 is 4.74 Å². The molecule has 1 aromatic heterocycles. The van der Waals surface area contributed by atoms with Gasteiger partial charge < -0.3 is 15.4 Å². The second-order valence-corrected chi connectivity index (χ2v) is 7.85. The van der Waals surface area contributed by atoms with E-state index in [2.05, 4.69) is 59.7 Å². The summed E-state index contributed by atoms with van der Waals surface area (Å²) in [7, 11) is 3.83. The molecule has 0 saturated heterocycles. The smallest absolute Gasteiger partial charge is 0.191 e. The fraction of sp³-hybridized carbons (Fsp3) is 0.565. The minimum absolute atomic E-state index is 0.675. The lowest BCUT2D eigenvalue weighted by Gasteiger charge is -2.16. The van der Waals surface area contributed by atoms with Crippen molar-refractivity contribution in [2.24, 2.45) is 18.0 Å². The Balaban J connectivity index is 1.61. The second-order valence-electron chi connectivity index (χ2n) is 7.85. The number of aliphatic imine (C=N–C) groups is 1. The van der Waals surface area contributed by atoms with Gasteiger partial charge in [0.25, 0.3) is 0 Å². The van der Waals surface area contributed by atoms with E-state index in [-0.39, 0.29) is 0 Å². The van der Waals surface area contributed by atoms with Crippen LogP contribution in [0.15, 0.2) is 23.2 Å². The summed E-state index contributed by atoms with van der Waals surface area (Å²) < 4.78 is 8.09. The molecule has 0 spiro atoms. The molecule has 158 valence electrons. The maximum Gasteiger partial charge on any atom is 0.191 e. The number of ether oxygens (including phenoxy) is 1. The van der Waals surface area contributed by atoms with Crippen LogP contribution in [-0.4, -0.2) is 29.4 Å². The van der Waals surface area contributed by atoms with E-state index < -0.39 is 0 Å². The molecule has 1 aliphatic rings. The maximum absolute atomic E-state index is 6.09. The lowest BCUT2D eigenvalue weighted by molar-refractivity contribution is 0.296. The summed E-state index contributed by atoms with van der Waals surface area (Å²) in [5.74, 6) is 2.51. The number of rotatable bonds is 9. The van der Waals surface area contributed by atoms with Crippen LogP contribution in [0.25, 0.3) is 0 Å². The maximum atomic E-state index is 6.09. The number of guanidine groups is 1. The molecule has 0 bridgehead atoms. The van der Waals surface area contributed by atoms with Crippen LogP contribution in [0.2, 0.25) is 0 Å². The van der Waals surface area contributed by atoms with Gasteiger partial charge in [-0.25, -0.2) is 0 Å². The number of hydrogen-bond acceptors (Lipinski definition) is 3. The van der Waals surface area contributed by atoms with Crippen LogP contribution < -0.4 is 15.4 Å². The molecule has 3 rings (SSSR count). The summed E-state index contributed by atoms with van der Waals surface area (Å²) in [6.45, 7) is 8.65. The Hall–Kier alpha value is -2.50. The number of benzene rings is 1. The Kier molecular flexibility index (Phi) is 7.18. The molecule has 1 saturated carbocycles. The van der Waals surface area contributed by atoms with Gasteiger partial charge in [0.2, 0.25) is 0 Å². The van der Waals surface area contributed by atoms with Crippen molar-refractivity contribution >= 4 is 5.96 Å². The summed E-state index contributed by atoms with van der Waals surface area (Å²) in [6, 6.07) is 6.41. The van der Waals surface area contributed by atoms with Crippen LogP contribution in [0.5, 0.6) is 5.75 Å². The van der Waals surface area contributed by atoms with Crippen LogP contribution in [0.3, 0.4) is 0 Å². The zero-order valence-electron chi connectivity index (χ0n) is 18.5. The van der Waals surface area contributed by atoms with Crippen LogP contribution in [-0.2, 0) is 33.0 Å². The van der Waals surface area contributed by atoms with Crippen molar-refractivity contribution in [1.82, 2.24) is 20.4 Å². The number of nitrogens with zero attached hydrogens (tertiary/aromatic N) is 3. The Labute approximate surface area is 174 Å². The van der Waals surface area contributed by atoms with Crippen molar-refractivity contribution in [2.45, 2.75) is 59.5 Å². The lowest BCUT2D eigenvalue weighted by atomic mass is 10.1. The largest absolute Gasteiger partial charge is 0.493 e. The van der Waals surface area contributed by atoms with Crippen LogP contribution in [0.4, 0.5) is 0 Å².